The van der Waals surface area contributed by atoms with Gasteiger partial charge in [-0.1, -0.05) is 0 Å². The predicted octanol–water partition coefficient (Wildman–Crippen LogP) is -3.88. The van der Waals surface area contributed by atoms with E-state index in [4.69, 9.17) is 20.2 Å². The van der Waals surface area contributed by atoms with Crippen molar-refractivity contribution in [3.8, 4) is 0 Å². The van der Waals surface area contributed by atoms with Crippen LogP contribution in [0.15, 0.2) is 0 Å². The van der Waals surface area contributed by atoms with Gasteiger partial charge in [0.05, 0.1) is 19.8 Å². The molecule has 0 aliphatic heterocycles. The molecule has 11 nitrogen and oxygen atoms in total. The molecule has 2 unspecified atom stereocenters. The first-order valence-electron chi connectivity index (χ1n) is 5.73. The number of rotatable bonds is 11. The summed E-state index contributed by atoms with van der Waals surface area (Å²) < 4.78 is 19.8. The maximum Gasteiger partial charge on any atom is 0.472 e. The Balaban J connectivity index is 4.30. The van der Waals surface area contributed by atoms with E-state index in [-0.39, 0.29) is 0 Å². The molecule has 0 spiro atoms. The van der Waals surface area contributed by atoms with Gasteiger partial charge >= 0.3 is 7.82 Å². The van der Waals surface area contributed by atoms with Gasteiger partial charge in [-0.05, 0) is 0 Å². The third-order valence-corrected chi connectivity index (χ3v) is 3.20. The van der Waals surface area contributed by atoms with Crippen LogP contribution in [0.3, 0.4) is 0 Å². The number of aliphatic hydroxyl groups is 6. The van der Waals surface area contributed by atoms with Crippen LogP contribution in [0.1, 0.15) is 0 Å². The van der Waals surface area contributed by atoms with Crippen LogP contribution in [0.5, 0.6) is 0 Å². The predicted molar refractivity (Wildman–Crippen MR) is 64.9 cm³/mol. The van der Waals surface area contributed by atoms with Gasteiger partial charge in [-0.15, -0.1) is 0 Å². The molecule has 0 aliphatic carbocycles. The molecule has 0 aromatic heterocycles. The van der Waals surface area contributed by atoms with Crippen molar-refractivity contribution in [3.05, 3.63) is 0 Å². The lowest BCUT2D eigenvalue weighted by Gasteiger charge is -2.22. The van der Waals surface area contributed by atoms with Crippen molar-refractivity contribution < 1.29 is 53.9 Å². The first-order chi connectivity index (χ1) is 9.64. The average molecular weight is 334 g/mol. The summed E-state index contributed by atoms with van der Waals surface area (Å²) in [6.45, 7) is -3.46. The highest BCUT2D eigenvalue weighted by atomic mass is 31.2. The SMILES string of the molecule is O=C(CO)[C@@H](O)[C@H](O)[C@H](O)COP(=O)(O)OCC(O)CO. The molecule has 0 aliphatic rings. The number of hydrogen-bond donors (Lipinski definition) is 7. The lowest BCUT2D eigenvalue weighted by molar-refractivity contribution is -0.142. The Bertz CT molecular complexity index is 362. The molecule has 0 rings (SSSR count). The van der Waals surface area contributed by atoms with Gasteiger partial charge < -0.3 is 35.5 Å². The van der Waals surface area contributed by atoms with Crippen molar-refractivity contribution in [1.29, 1.82) is 0 Å². The van der Waals surface area contributed by atoms with E-state index < -0.39 is 64.4 Å². The number of Topliss-reactive ketones (excluding diaryl/α,β-unsaturated/α-hetero) is 1. The lowest BCUT2D eigenvalue weighted by Crippen LogP contribution is -2.45. The largest absolute Gasteiger partial charge is 0.472 e. The second-order valence-corrected chi connectivity index (χ2v) is 5.48. The molecule has 0 bridgehead atoms. The van der Waals surface area contributed by atoms with E-state index in [1.165, 1.54) is 0 Å². The molecule has 0 amide bonds. The van der Waals surface area contributed by atoms with Gasteiger partial charge in [0.15, 0.2) is 5.78 Å². The van der Waals surface area contributed by atoms with Gasteiger partial charge in [-0.2, -0.15) is 0 Å². The summed E-state index contributed by atoms with van der Waals surface area (Å²) in [4.78, 5) is 20.0. The first kappa shape index (κ1) is 20.5. The minimum Gasteiger partial charge on any atom is -0.394 e. The van der Waals surface area contributed by atoms with Crippen LogP contribution in [-0.2, 0) is 18.4 Å². The Morgan fingerprint density at radius 2 is 1.57 bits per heavy atom. The van der Waals surface area contributed by atoms with Crippen molar-refractivity contribution >= 4 is 13.6 Å². The molecule has 0 heterocycles. The maximum absolute atomic E-state index is 11.3. The zero-order chi connectivity index (χ0) is 16.6. The van der Waals surface area contributed by atoms with Crippen molar-refractivity contribution in [2.24, 2.45) is 0 Å². The van der Waals surface area contributed by atoms with Gasteiger partial charge in [0, 0.05) is 0 Å². The normalized spacial score (nSPS) is 20.3. The Kier molecular flexibility index (Phi) is 9.33. The molecule has 0 saturated heterocycles. The minimum atomic E-state index is -4.67. The van der Waals surface area contributed by atoms with Crippen LogP contribution in [0.2, 0.25) is 0 Å². The third kappa shape index (κ3) is 7.93. The molecule has 0 fully saturated rings. The zero-order valence-corrected chi connectivity index (χ0v) is 11.7. The summed E-state index contributed by atoms with van der Waals surface area (Å²) in [6, 6.07) is 0. The van der Waals surface area contributed by atoms with E-state index in [9.17, 15) is 24.7 Å². The quantitative estimate of drug-likeness (QED) is 0.183. The molecule has 0 aromatic rings. The summed E-state index contributed by atoms with van der Waals surface area (Å²) in [6.07, 6.45) is -7.47. The Morgan fingerprint density at radius 3 is 2.05 bits per heavy atom. The number of phosphoric acid groups is 1. The van der Waals surface area contributed by atoms with Gasteiger partial charge in [0.2, 0.25) is 0 Å². The van der Waals surface area contributed by atoms with Crippen LogP contribution in [-0.4, -0.2) is 92.2 Å². The Hall–Kier alpha value is -0.460. The summed E-state index contributed by atoms with van der Waals surface area (Å²) in [5, 5.41) is 53.7. The number of aliphatic hydroxyl groups excluding tert-OH is 6. The molecule has 21 heavy (non-hydrogen) atoms. The second kappa shape index (κ2) is 9.54. The van der Waals surface area contributed by atoms with Crippen molar-refractivity contribution in [2.45, 2.75) is 24.4 Å². The van der Waals surface area contributed by atoms with Crippen LogP contribution >= 0.6 is 7.82 Å². The molecule has 0 saturated carbocycles. The number of phosphoric ester groups is 1. The fraction of sp³-hybridized carbons (Fsp3) is 0.889. The van der Waals surface area contributed by atoms with Crippen LogP contribution in [0, 0.1) is 0 Å². The van der Waals surface area contributed by atoms with Crippen molar-refractivity contribution in [3.63, 3.8) is 0 Å². The summed E-state index contributed by atoms with van der Waals surface area (Å²) >= 11 is 0. The molecule has 0 radical (unpaired) electrons. The molecular formula is C9H19O11P. The lowest BCUT2D eigenvalue weighted by atomic mass is 10.1. The topological polar surface area (TPSA) is 194 Å². The Morgan fingerprint density at radius 1 is 1.05 bits per heavy atom. The molecule has 12 heteroatoms. The highest BCUT2D eigenvalue weighted by Gasteiger charge is 2.32. The zero-order valence-electron chi connectivity index (χ0n) is 10.8. The fourth-order valence-electron chi connectivity index (χ4n) is 1.03. The summed E-state index contributed by atoms with van der Waals surface area (Å²) in [5.41, 5.74) is 0. The fourth-order valence-corrected chi connectivity index (χ4v) is 1.81. The van der Waals surface area contributed by atoms with E-state index in [2.05, 4.69) is 9.05 Å². The first-order valence-corrected chi connectivity index (χ1v) is 7.22. The van der Waals surface area contributed by atoms with Gasteiger partial charge in [-0.3, -0.25) is 13.8 Å². The molecule has 126 valence electrons. The second-order valence-electron chi connectivity index (χ2n) is 4.02. The van der Waals surface area contributed by atoms with E-state index in [0.29, 0.717) is 0 Å². The molecule has 7 N–H and O–H groups in total. The molecule has 0 aromatic carbocycles. The smallest absolute Gasteiger partial charge is 0.394 e. The van der Waals surface area contributed by atoms with E-state index in [0.717, 1.165) is 0 Å². The van der Waals surface area contributed by atoms with Crippen LogP contribution in [0.4, 0.5) is 0 Å². The minimum absolute atomic E-state index is 0.712. The van der Waals surface area contributed by atoms with Gasteiger partial charge in [-0.25, -0.2) is 4.57 Å². The number of hydrogen-bond acceptors (Lipinski definition) is 10. The number of ketones is 1. The van der Waals surface area contributed by atoms with Gasteiger partial charge in [0.25, 0.3) is 0 Å². The monoisotopic (exact) mass is 334 g/mol. The average Bonchev–Trinajstić information content (AvgIpc) is 2.47. The third-order valence-electron chi connectivity index (χ3n) is 2.25. The van der Waals surface area contributed by atoms with E-state index >= 15 is 0 Å². The number of carbonyl (C=O) groups is 1. The molecule has 5 atom stereocenters. The highest BCUT2D eigenvalue weighted by molar-refractivity contribution is 7.47. The van der Waals surface area contributed by atoms with E-state index in [1.807, 2.05) is 0 Å². The van der Waals surface area contributed by atoms with Crippen LogP contribution < -0.4 is 0 Å². The van der Waals surface area contributed by atoms with Gasteiger partial charge in [0.1, 0.15) is 31.0 Å². The van der Waals surface area contributed by atoms with Crippen molar-refractivity contribution in [2.75, 3.05) is 26.4 Å². The maximum atomic E-state index is 11.3. The molecular weight excluding hydrogens is 315 g/mol. The highest BCUT2D eigenvalue weighted by Crippen LogP contribution is 2.43. The number of carbonyl (C=O) groups excluding carboxylic acids is 1. The van der Waals surface area contributed by atoms with Crippen molar-refractivity contribution in [1.82, 2.24) is 0 Å². The summed E-state index contributed by atoms with van der Waals surface area (Å²) in [5.74, 6) is -1.16. The standard InChI is InChI=1S/C9H19O11P/c10-1-5(12)3-19-21(17,18)20-4-7(14)9(16)8(15)6(13)2-11/h5,7-12,14-16H,1-4H2,(H,17,18)/t5?,7-,8-,9-/m1/s1. The van der Waals surface area contributed by atoms with E-state index in [1.54, 1.807) is 0 Å². The Labute approximate surface area is 119 Å². The van der Waals surface area contributed by atoms with Crippen LogP contribution in [0.25, 0.3) is 0 Å². The summed E-state index contributed by atoms with van der Waals surface area (Å²) in [7, 11) is -4.67.